The van der Waals surface area contributed by atoms with Gasteiger partial charge in [0.15, 0.2) is 0 Å². The van der Waals surface area contributed by atoms with Crippen LogP contribution in [0.25, 0.3) is 0 Å². The average Bonchev–Trinajstić information content (AvgIpc) is 2.81. The first-order valence-corrected chi connectivity index (χ1v) is 7.31. The third-order valence-corrected chi connectivity index (χ3v) is 4.22. The van der Waals surface area contributed by atoms with Gasteiger partial charge >= 0.3 is 5.97 Å². The van der Waals surface area contributed by atoms with Gasteiger partial charge in [0.25, 0.3) is 5.91 Å². The molecular formula is C16H17NO3S. The molecule has 110 valence electrons. The summed E-state index contributed by atoms with van der Waals surface area (Å²) in [5.74, 6) is -0.681. The zero-order valence-electron chi connectivity index (χ0n) is 12.4. The highest BCUT2D eigenvalue weighted by atomic mass is 32.1. The molecule has 0 saturated carbocycles. The number of carbonyl (C=O) groups excluding carboxylic acids is 2. The molecule has 0 spiro atoms. The molecule has 0 atom stereocenters. The number of carbonyl (C=O) groups is 2. The highest BCUT2D eigenvalue weighted by Crippen LogP contribution is 2.28. The summed E-state index contributed by atoms with van der Waals surface area (Å²) in [7, 11) is 1.32. The predicted molar refractivity (Wildman–Crippen MR) is 84.3 cm³/mol. The standard InChI is InChI=1S/C16H17NO3S/c1-9-5-6-12(7-10(9)2)14(18)17-15-13(16(19)20-4)8-11(3)21-15/h5-8H,1-4H3,(H,17,18). The van der Waals surface area contributed by atoms with E-state index in [-0.39, 0.29) is 5.91 Å². The summed E-state index contributed by atoms with van der Waals surface area (Å²) >= 11 is 1.36. The summed E-state index contributed by atoms with van der Waals surface area (Å²) in [6.45, 7) is 5.83. The summed E-state index contributed by atoms with van der Waals surface area (Å²) < 4.78 is 4.73. The molecule has 0 unspecified atom stereocenters. The van der Waals surface area contributed by atoms with Crippen LogP contribution in [0.1, 0.15) is 36.7 Å². The Hall–Kier alpha value is -2.14. The molecule has 0 radical (unpaired) electrons. The van der Waals surface area contributed by atoms with Crippen LogP contribution in [0, 0.1) is 20.8 Å². The normalized spacial score (nSPS) is 10.3. The first-order valence-electron chi connectivity index (χ1n) is 6.49. The van der Waals surface area contributed by atoms with Crippen molar-refractivity contribution in [1.29, 1.82) is 0 Å². The maximum atomic E-state index is 12.3. The van der Waals surface area contributed by atoms with Crippen molar-refractivity contribution in [2.24, 2.45) is 0 Å². The van der Waals surface area contributed by atoms with Crippen LogP contribution in [0.3, 0.4) is 0 Å². The summed E-state index contributed by atoms with van der Waals surface area (Å²) in [4.78, 5) is 24.9. The van der Waals surface area contributed by atoms with Crippen LogP contribution in [0.4, 0.5) is 5.00 Å². The zero-order chi connectivity index (χ0) is 15.6. The summed E-state index contributed by atoms with van der Waals surface area (Å²) in [5, 5.41) is 3.30. The van der Waals surface area contributed by atoms with E-state index in [4.69, 9.17) is 4.74 Å². The van der Waals surface area contributed by atoms with Gasteiger partial charge in [-0.2, -0.15) is 0 Å². The van der Waals surface area contributed by atoms with Crippen LogP contribution in [0.15, 0.2) is 24.3 Å². The smallest absolute Gasteiger partial charge is 0.340 e. The molecule has 0 fully saturated rings. The van der Waals surface area contributed by atoms with Crippen LogP contribution in [-0.4, -0.2) is 19.0 Å². The number of nitrogens with one attached hydrogen (secondary N) is 1. The van der Waals surface area contributed by atoms with E-state index in [1.165, 1.54) is 18.4 Å². The van der Waals surface area contributed by atoms with Gasteiger partial charge < -0.3 is 10.1 Å². The lowest BCUT2D eigenvalue weighted by atomic mass is 10.1. The number of methoxy groups -OCH3 is 1. The molecule has 0 saturated heterocycles. The molecule has 0 aliphatic heterocycles. The Morgan fingerprint density at radius 1 is 1.10 bits per heavy atom. The van der Waals surface area contributed by atoms with Crippen molar-refractivity contribution in [3.63, 3.8) is 0 Å². The first-order chi connectivity index (χ1) is 9.92. The Morgan fingerprint density at radius 2 is 1.81 bits per heavy atom. The number of hydrogen-bond donors (Lipinski definition) is 1. The van der Waals surface area contributed by atoms with E-state index in [9.17, 15) is 9.59 Å². The van der Waals surface area contributed by atoms with Crippen molar-refractivity contribution in [1.82, 2.24) is 0 Å². The lowest BCUT2D eigenvalue weighted by molar-refractivity contribution is 0.0602. The molecule has 0 aliphatic carbocycles. The Labute approximate surface area is 127 Å². The van der Waals surface area contributed by atoms with Gasteiger partial charge in [-0.15, -0.1) is 11.3 Å². The number of thiophene rings is 1. The van der Waals surface area contributed by atoms with Gasteiger partial charge in [-0.1, -0.05) is 6.07 Å². The summed E-state index contributed by atoms with van der Waals surface area (Å²) in [6, 6.07) is 7.23. The van der Waals surface area contributed by atoms with Gasteiger partial charge in [0.1, 0.15) is 5.00 Å². The maximum Gasteiger partial charge on any atom is 0.340 e. The highest BCUT2D eigenvalue weighted by molar-refractivity contribution is 7.16. The fourth-order valence-corrected chi connectivity index (χ4v) is 2.82. The van der Waals surface area contributed by atoms with Crippen LogP contribution in [0.2, 0.25) is 0 Å². The van der Waals surface area contributed by atoms with Crippen molar-refractivity contribution >= 4 is 28.2 Å². The van der Waals surface area contributed by atoms with E-state index in [1.807, 2.05) is 32.9 Å². The molecule has 1 aromatic carbocycles. The molecular weight excluding hydrogens is 286 g/mol. The molecule has 1 aromatic heterocycles. The molecule has 5 heteroatoms. The lowest BCUT2D eigenvalue weighted by Crippen LogP contribution is -2.14. The van der Waals surface area contributed by atoms with Crippen LogP contribution < -0.4 is 5.32 Å². The second-order valence-corrected chi connectivity index (χ2v) is 6.10. The Balaban J connectivity index is 2.27. The molecule has 1 heterocycles. The van der Waals surface area contributed by atoms with Crippen molar-refractivity contribution in [2.45, 2.75) is 20.8 Å². The fourth-order valence-electron chi connectivity index (χ4n) is 1.93. The van der Waals surface area contributed by atoms with Crippen LogP contribution in [0.5, 0.6) is 0 Å². The van der Waals surface area contributed by atoms with Crippen molar-refractivity contribution in [2.75, 3.05) is 12.4 Å². The number of hydrogen-bond acceptors (Lipinski definition) is 4. The van der Waals surface area contributed by atoms with Crippen molar-refractivity contribution < 1.29 is 14.3 Å². The van der Waals surface area contributed by atoms with Gasteiger partial charge in [-0.05, 0) is 50.1 Å². The van der Waals surface area contributed by atoms with E-state index in [1.54, 1.807) is 12.1 Å². The summed E-state index contributed by atoms with van der Waals surface area (Å²) in [5.41, 5.74) is 3.14. The fraction of sp³-hybridized carbons (Fsp3) is 0.250. The highest BCUT2D eigenvalue weighted by Gasteiger charge is 2.18. The Kier molecular flexibility index (Phi) is 4.43. The molecule has 0 bridgehead atoms. The largest absolute Gasteiger partial charge is 0.465 e. The second kappa shape index (κ2) is 6.10. The average molecular weight is 303 g/mol. The minimum Gasteiger partial charge on any atom is -0.465 e. The quantitative estimate of drug-likeness (QED) is 0.879. The van der Waals surface area contributed by atoms with E-state index >= 15 is 0 Å². The molecule has 2 rings (SSSR count). The Bertz CT molecular complexity index is 704. The monoisotopic (exact) mass is 303 g/mol. The number of benzene rings is 1. The molecule has 4 nitrogen and oxygen atoms in total. The topological polar surface area (TPSA) is 55.4 Å². The Morgan fingerprint density at radius 3 is 2.43 bits per heavy atom. The summed E-state index contributed by atoms with van der Waals surface area (Å²) in [6.07, 6.45) is 0. The predicted octanol–water partition coefficient (Wildman–Crippen LogP) is 3.71. The molecule has 2 aromatic rings. The van der Waals surface area contributed by atoms with Gasteiger partial charge in [-0.3, -0.25) is 4.79 Å². The number of esters is 1. The van der Waals surface area contributed by atoms with Gasteiger partial charge in [0.05, 0.1) is 12.7 Å². The number of amides is 1. The SMILES string of the molecule is COC(=O)c1cc(C)sc1NC(=O)c1ccc(C)c(C)c1. The number of aryl methyl sites for hydroxylation is 3. The number of ether oxygens (including phenoxy) is 1. The van der Waals surface area contributed by atoms with Crippen LogP contribution in [-0.2, 0) is 4.74 Å². The minimum atomic E-state index is -0.449. The van der Waals surface area contributed by atoms with Gasteiger partial charge in [0, 0.05) is 10.4 Å². The molecule has 1 N–H and O–H groups in total. The first kappa shape index (κ1) is 15.3. The van der Waals surface area contributed by atoms with Crippen LogP contribution >= 0.6 is 11.3 Å². The zero-order valence-corrected chi connectivity index (χ0v) is 13.3. The maximum absolute atomic E-state index is 12.3. The van der Waals surface area contributed by atoms with Gasteiger partial charge in [0.2, 0.25) is 0 Å². The van der Waals surface area contributed by atoms with Gasteiger partial charge in [-0.25, -0.2) is 4.79 Å². The van der Waals surface area contributed by atoms with Crippen molar-refractivity contribution in [3.05, 3.63) is 51.4 Å². The minimum absolute atomic E-state index is 0.231. The van der Waals surface area contributed by atoms with Crippen molar-refractivity contribution in [3.8, 4) is 0 Å². The third kappa shape index (κ3) is 3.31. The molecule has 21 heavy (non-hydrogen) atoms. The number of rotatable bonds is 3. The third-order valence-electron chi connectivity index (χ3n) is 3.26. The number of anilines is 1. The molecule has 0 aliphatic rings. The van der Waals surface area contributed by atoms with E-state index in [0.29, 0.717) is 16.1 Å². The van der Waals surface area contributed by atoms with E-state index < -0.39 is 5.97 Å². The second-order valence-electron chi connectivity index (χ2n) is 4.84. The van der Waals surface area contributed by atoms with E-state index in [0.717, 1.165) is 16.0 Å². The van der Waals surface area contributed by atoms with E-state index in [2.05, 4.69) is 5.32 Å². The lowest BCUT2D eigenvalue weighted by Gasteiger charge is -2.07. The molecule has 1 amide bonds.